The third kappa shape index (κ3) is 4.84. The van der Waals surface area contributed by atoms with Gasteiger partial charge in [-0.3, -0.25) is 4.79 Å². The first kappa shape index (κ1) is 16.5. The Labute approximate surface area is 122 Å². The maximum absolute atomic E-state index is 11.8. The van der Waals surface area contributed by atoms with Gasteiger partial charge in [0.2, 0.25) is 5.91 Å². The topological polar surface area (TPSA) is 97.1 Å². The number of hydrogen-bond donors (Lipinski definition) is 2. The van der Waals surface area contributed by atoms with Crippen LogP contribution in [0.25, 0.3) is 0 Å². The number of hydrogen-bond acceptors (Lipinski definition) is 5. The molecule has 8 heteroatoms. The zero-order valence-electron chi connectivity index (χ0n) is 11.9. The Morgan fingerprint density at radius 3 is 2.75 bits per heavy atom. The fraction of sp³-hybridized carbons (Fsp3) is 0.667. The molecule has 0 spiro atoms. The Hall–Kier alpha value is -1.57. The first-order valence-electron chi connectivity index (χ1n) is 6.50. The summed E-state index contributed by atoms with van der Waals surface area (Å²) in [6.07, 6.45) is 2.74. The van der Waals surface area contributed by atoms with Crippen molar-refractivity contribution < 1.29 is 14.7 Å². The molecule has 0 aliphatic carbocycles. The zero-order chi connectivity index (χ0) is 15.1. The van der Waals surface area contributed by atoms with Crippen molar-refractivity contribution in [3.8, 4) is 0 Å². The molecule has 0 bridgehead atoms. The number of carbonyl (C=O) groups is 2. The van der Waals surface area contributed by atoms with Crippen LogP contribution in [0.4, 0.5) is 0 Å². The number of carboxylic acids is 1. The average molecular weight is 300 g/mol. The van der Waals surface area contributed by atoms with Crippen LogP contribution in [-0.2, 0) is 9.59 Å². The molecule has 0 aromatic carbocycles. The predicted molar refractivity (Wildman–Crippen MR) is 75.6 cm³/mol. The third-order valence-electron chi connectivity index (χ3n) is 2.64. The van der Waals surface area contributed by atoms with E-state index in [-0.39, 0.29) is 17.7 Å². The fourth-order valence-electron chi connectivity index (χ4n) is 1.60. The molecule has 1 aromatic heterocycles. The van der Waals surface area contributed by atoms with Crippen molar-refractivity contribution in [3.05, 3.63) is 6.33 Å². The molecule has 2 N–H and O–H groups in total. The van der Waals surface area contributed by atoms with Gasteiger partial charge in [0.05, 0.1) is 5.75 Å². The Kier molecular flexibility index (Phi) is 6.50. The third-order valence-corrected chi connectivity index (χ3v) is 3.60. The number of carbonyl (C=O) groups excluding carboxylic acids is 1. The molecule has 1 aromatic rings. The van der Waals surface area contributed by atoms with Gasteiger partial charge in [-0.05, 0) is 20.3 Å². The summed E-state index contributed by atoms with van der Waals surface area (Å²) in [4.78, 5) is 22.7. The summed E-state index contributed by atoms with van der Waals surface area (Å²) in [7, 11) is 0. The van der Waals surface area contributed by atoms with Crippen LogP contribution in [0.1, 0.15) is 39.7 Å². The Morgan fingerprint density at radius 2 is 2.20 bits per heavy atom. The minimum Gasteiger partial charge on any atom is -0.480 e. The van der Waals surface area contributed by atoms with Gasteiger partial charge in [0.25, 0.3) is 0 Å². The van der Waals surface area contributed by atoms with Crippen LogP contribution in [0.5, 0.6) is 0 Å². The van der Waals surface area contributed by atoms with E-state index in [1.165, 1.54) is 11.8 Å². The number of carboxylic acid groups (broad SMARTS) is 1. The summed E-state index contributed by atoms with van der Waals surface area (Å²) >= 11 is 1.25. The van der Waals surface area contributed by atoms with Crippen LogP contribution in [0, 0.1) is 0 Å². The summed E-state index contributed by atoms with van der Waals surface area (Å²) in [5.74, 6) is -1.19. The molecular formula is C12H20N4O3S. The van der Waals surface area contributed by atoms with Crippen molar-refractivity contribution >= 4 is 23.6 Å². The molecule has 1 rings (SSSR count). The van der Waals surface area contributed by atoms with Crippen molar-refractivity contribution in [1.82, 2.24) is 20.1 Å². The summed E-state index contributed by atoms with van der Waals surface area (Å²) in [6, 6.07) is -0.613. The lowest BCUT2D eigenvalue weighted by molar-refractivity contribution is -0.141. The van der Waals surface area contributed by atoms with Crippen LogP contribution >= 0.6 is 11.8 Å². The molecule has 0 fully saturated rings. The summed E-state index contributed by atoms with van der Waals surface area (Å²) in [6.45, 7) is 5.87. The molecule has 0 aliphatic heterocycles. The van der Waals surface area contributed by atoms with E-state index >= 15 is 0 Å². The summed E-state index contributed by atoms with van der Waals surface area (Å²) in [5, 5.41) is 19.9. The van der Waals surface area contributed by atoms with E-state index in [4.69, 9.17) is 5.11 Å². The second-order valence-electron chi connectivity index (χ2n) is 4.65. The fourth-order valence-corrected chi connectivity index (χ4v) is 2.46. The van der Waals surface area contributed by atoms with Gasteiger partial charge in [-0.15, -0.1) is 10.2 Å². The van der Waals surface area contributed by atoms with Gasteiger partial charge >= 0.3 is 5.97 Å². The second kappa shape index (κ2) is 7.88. The maximum atomic E-state index is 11.8. The van der Waals surface area contributed by atoms with Gasteiger partial charge in [0, 0.05) is 6.04 Å². The highest BCUT2D eigenvalue weighted by molar-refractivity contribution is 7.99. The highest BCUT2D eigenvalue weighted by Crippen LogP contribution is 2.18. The van der Waals surface area contributed by atoms with Crippen molar-refractivity contribution in [2.75, 3.05) is 5.75 Å². The zero-order valence-corrected chi connectivity index (χ0v) is 12.7. The Morgan fingerprint density at radius 1 is 1.50 bits per heavy atom. The van der Waals surface area contributed by atoms with Gasteiger partial charge in [0.15, 0.2) is 5.16 Å². The van der Waals surface area contributed by atoms with Gasteiger partial charge in [-0.1, -0.05) is 25.1 Å². The quantitative estimate of drug-likeness (QED) is 0.703. The molecule has 1 heterocycles. The smallest absolute Gasteiger partial charge is 0.326 e. The summed E-state index contributed by atoms with van der Waals surface area (Å²) < 4.78 is 1.86. The van der Waals surface area contributed by atoms with Crippen molar-refractivity contribution in [1.29, 1.82) is 0 Å². The van der Waals surface area contributed by atoms with E-state index in [2.05, 4.69) is 15.5 Å². The van der Waals surface area contributed by atoms with Gasteiger partial charge in [-0.25, -0.2) is 4.79 Å². The minimum atomic E-state index is -1.00. The average Bonchev–Trinajstić information content (AvgIpc) is 2.84. The number of aliphatic carboxylic acids is 1. The van der Waals surface area contributed by atoms with Crippen LogP contribution in [-0.4, -0.2) is 43.5 Å². The minimum absolute atomic E-state index is 0.124. The van der Waals surface area contributed by atoms with E-state index in [0.29, 0.717) is 18.0 Å². The second-order valence-corrected chi connectivity index (χ2v) is 5.59. The Balaban J connectivity index is 2.50. The molecular weight excluding hydrogens is 280 g/mol. The molecule has 20 heavy (non-hydrogen) atoms. The molecule has 112 valence electrons. The molecule has 1 atom stereocenters. The van der Waals surface area contributed by atoms with Crippen molar-refractivity contribution in [3.63, 3.8) is 0 Å². The standard InChI is InChI=1S/C12H20N4O3S/c1-4-5-9(11(18)19)14-10(17)6-20-12-15-13-7-16(12)8(2)3/h7-9H,4-6H2,1-3H3,(H,14,17)(H,18,19)/t9-/m1/s1. The van der Waals surface area contributed by atoms with E-state index in [0.717, 1.165) is 0 Å². The number of nitrogens with zero attached hydrogens (tertiary/aromatic N) is 3. The largest absolute Gasteiger partial charge is 0.480 e. The maximum Gasteiger partial charge on any atom is 0.326 e. The van der Waals surface area contributed by atoms with E-state index in [1.54, 1.807) is 6.33 Å². The number of thioether (sulfide) groups is 1. The lowest BCUT2D eigenvalue weighted by Gasteiger charge is -2.13. The number of rotatable bonds is 8. The number of nitrogens with one attached hydrogen (secondary N) is 1. The van der Waals surface area contributed by atoms with Crippen LogP contribution < -0.4 is 5.32 Å². The SMILES string of the molecule is CCC[C@@H](NC(=O)CSc1nncn1C(C)C)C(=O)O. The van der Waals surface area contributed by atoms with Crippen molar-refractivity contribution in [2.45, 2.75) is 50.9 Å². The lowest BCUT2D eigenvalue weighted by Crippen LogP contribution is -2.41. The van der Waals surface area contributed by atoms with Crippen LogP contribution in [0.15, 0.2) is 11.5 Å². The molecule has 7 nitrogen and oxygen atoms in total. The lowest BCUT2D eigenvalue weighted by atomic mass is 10.2. The molecule has 0 unspecified atom stereocenters. The first-order chi connectivity index (χ1) is 9.45. The number of aromatic nitrogens is 3. The highest BCUT2D eigenvalue weighted by atomic mass is 32.2. The van der Waals surface area contributed by atoms with Gasteiger partial charge in [-0.2, -0.15) is 0 Å². The highest BCUT2D eigenvalue weighted by Gasteiger charge is 2.19. The van der Waals surface area contributed by atoms with Crippen LogP contribution in [0.3, 0.4) is 0 Å². The van der Waals surface area contributed by atoms with E-state index < -0.39 is 12.0 Å². The van der Waals surface area contributed by atoms with Gasteiger partial charge in [0.1, 0.15) is 12.4 Å². The summed E-state index contributed by atoms with van der Waals surface area (Å²) in [5.41, 5.74) is 0. The van der Waals surface area contributed by atoms with Crippen LogP contribution in [0.2, 0.25) is 0 Å². The normalized spacial score (nSPS) is 12.4. The Bertz CT molecular complexity index is 461. The molecule has 0 radical (unpaired) electrons. The van der Waals surface area contributed by atoms with E-state index in [9.17, 15) is 9.59 Å². The molecule has 1 amide bonds. The van der Waals surface area contributed by atoms with Crippen molar-refractivity contribution in [2.24, 2.45) is 0 Å². The molecule has 0 aliphatic rings. The molecule has 0 saturated heterocycles. The number of amides is 1. The van der Waals surface area contributed by atoms with Gasteiger partial charge < -0.3 is 15.0 Å². The first-order valence-corrected chi connectivity index (χ1v) is 7.48. The predicted octanol–water partition coefficient (Wildman–Crippen LogP) is 1.32. The molecule has 0 saturated carbocycles. The monoisotopic (exact) mass is 300 g/mol. The van der Waals surface area contributed by atoms with E-state index in [1.807, 2.05) is 25.3 Å².